The van der Waals surface area contributed by atoms with E-state index < -0.39 is 0 Å². The van der Waals surface area contributed by atoms with E-state index in [1.807, 2.05) is 30.3 Å². The van der Waals surface area contributed by atoms with Crippen LogP contribution in [0, 0.1) is 0 Å². The van der Waals surface area contributed by atoms with E-state index in [0.29, 0.717) is 11.5 Å². The first-order valence-corrected chi connectivity index (χ1v) is 9.53. The van der Waals surface area contributed by atoms with Crippen LogP contribution in [0.15, 0.2) is 97.5 Å². The average molecular weight is 392 g/mol. The van der Waals surface area contributed by atoms with Crippen molar-refractivity contribution in [2.24, 2.45) is 0 Å². The molecule has 4 aromatic rings. The number of nitrogens with zero attached hydrogens (tertiary/aromatic N) is 2. The number of rotatable bonds is 6. The minimum absolute atomic E-state index is 0.287. The molecule has 0 atom stereocenters. The summed E-state index contributed by atoms with van der Waals surface area (Å²) in [5, 5.41) is 6.94. The molecule has 0 bridgehead atoms. The highest BCUT2D eigenvalue weighted by atomic mass is 16.1. The van der Waals surface area contributed by atoms with E-state index in [2.05, 4.69) is 69.3 Å². The summed E-state index contributed by atoms with van der Waals surface area (Å²) in [7, 11) is 0. The predicted molar refractivity (Wildman–Crippen MR) is 121 cm³/mol. The van der Waals surface area contributed by atoms with Crippen LogP contribution in [0.5, 0.6) is 0 Å². The predicted octanol–water partition coefficient (Wildman–Crippen LogP) is 5.24. The highest BCUT2D eigenvalue weighted by Gasteiger charge is 2.07. The monoisotopic (exact) mass is 392 g/mol. The zero-order valence-electron chi connectivity index (χ0n) is 16.3. The molecule has 0 spiro atoms. The summed E-state index contributed by atoms with van der Waals surface area (Å²) in [6.45, 7) is 3.41. The summed E-state index contributed by atoms with van der Waals surface area (Å²) < 4.78 is 0. The number of carbonyl (C=O) groups excluding carboxylic acids is 1. The number of anilines is 3. The molecule has 30 heavy (non-hydrogen) atoms. The van der Waals surface area contributed by atoms with Crippen molar-refractivity contribution in [1.29, 1.82) is 0 Å². The minimum Gasteiger partial charge on any atom is -0.340 e. The fourth-order valence-electron chi connectivity index (χ4n) is 3.18. The third-order valence-corrected chi connectivity index (χ3v) is 4.60. The first kappa shape index (κ1) is 19.1. The Hall–Kier alpha value is -4.21. The second kappa shape index (κ2) is 8.86. The van der Waals surface area contributed by atoms with Crippen molar-refractivity contribution in [2.75, 3.05) is 10.6 Å². The Kier molecular flexibility index (Phi) is 5.65. The van der Waals surface area contributed by atoms with Gasteiger partial charge in [0.2, 0.25) is 0 Å². The highest BCUT2D eigenvalue weighted by Crippen LogP contribution is 2.26. The van der Waals surface area contributed by atoms with Gasteiger partial charge in [-0.25, -0.2) is 9.97 Å². The van der Waals surface area contributed by atoms with E-state index in [9.17, 15) is 4.79 Å². The van der Waals surface area contributed by atoms with Gasteiger partial charge in [0.15, 0.2) is 0 Å². The summed E-state index contributed by atoms with van der Waals surface area (Å²) in [6, 6.07) is 24.1. The van der Waals surface area contributed by atoms with E-state index in [4.69, 9.17) is 0 Å². The van der Waals surface area contributed by atoms with E-state index >= 15 is 0 Å². The second-order valence-corrected chi connectivity index (χ2v) is 6.78. The maximum atomic E-state index is 11.8. The van der Waals surface area contributed by atoms with Gasteiger partial charge >= 0.3 is 0 Å². The van der Waals surface area contributed by atoms with Crippen molar-refractivity contribution >= 4 is 34.0 Å². The Morgan fingerprint density at radius 3 is 2.43 bits per heavy atom. The van der Waals surface area contributed by atoms with Crippen LogP contribution in [0.1, 0.15) is 11.1 Å². The molecule has 1 aromatic heterocycles. The number of hydrogen-bond acceptors (Lipinski definition) is 4. The Bertz CT molecular complexity index is 1230. The summed E-state index contributed by atoms with van der Waals surface area (Å²) in [5.41, 5.74) is 7.34. The van der Waals surface area contributed by atoms with Crippen molar-refractivity contribution in [3.8, 4) is 0 Å². The van der Waals surface area contributed by atoms with Crippen molar-refractivity contribution in [3.05, 3.63) is 109 Å². The van der Waals surface area contributed by atoms with Gasteiger partial charge in [0.1, 0.15) is 12.1 Å². The molecule has 3 aromatic carbocycles. The zero-order valence-corrected chi connectivity index (χ0v) is 16.3. The van der Waals surface area contributed by atoms with Crippen LogP contribution < -0.4 is 10.6 Å². The highest BCUT2D eigenvalue weighted by molar-refractivity contribution is 6.01. The van der Waals surface area contributed by atoms with Gasteiger partial charge in [-0.15, -0.1) is 5.73 Å². The lowest BCUT2D eigenvalue weighted by Crippen LogP contribution is -2.07. The fraction of sp³-hybridized carbons (Fsp3) is 0.0400. The van der Waals surface area contributed by atoms with Crippen LogP contribution in [0.25, 0.3) is 10.9 Å². The number of hydrogen-bond donors (Lipinski definition) is 2. The summed E-state index contributed by atoms with van der Waals surface area (Å²) >= 11 is 0. The Morgan fingerprint density at radius 2 is 1.67 bits per heavy atom. The lowest BCUT2D eigenvalue weighted by molar-refractivity contribution is -0.111. The average Bonchev–Trinajstić information content (AvgIpc) is 2.76. The molecular formula is C25H20N4O. The van der Waals surface area contributed by atoms with Gasteiger partial charge in [0.25, 0.3) is 5.91 Å². The molecule has 0 fully saturated rings. The van der Waals surface area contributed by atoms with Gasteiger partial charge in [0, 0.05) is 22.8 Å². The number of amides is 1. The molecule has 0 aliphatic heterocycles. The Balaban J connectivity index is 1.55. The van der Waals surface area contributed by atoms with Gasteiger partial charge in [-0.2, -0.15) is 0 Å². The molecular weight excluding hydrogens is 372 g/mol. The van der Waals surface area contributed by atoms with Crippen LogP contribution in [-0.2, 0) is 11.2 Å². The topological polar surface area (TPSA) is 66.9 Å². The number of benzene rings is 3. The molecule has 0 unspecified atom stereocenters. The molecule has 0 radical (unpaired) electrons. The Labute approximate surface area is 174 Å². The lowest BCUT2D eigenvalue weighted by Gasteiger charge is -2.11. The fourth-order valence-corrected chi connectivity index (χ4v) is 3.18. The number of nitrogens with one attached hydrogen (secondary N) is 2. The number of aromatic nitrogens is 2. The van der Waals surface area contributed by atoms with E-state index in [0.717, 1.165) is 23.0 Å². The molecule has 5 nitrogen and oxygen atoms in total. The quantitative estimate of drug-likeness (QED) is 0.348. The van der Waals surface area contributed by atoms with Crippen LogP contribution in [0.4, 0.5) is 17.2 Å². The van der Waals surface area contributed by atoms with Crippen LogP contribution in [-0.4, -0.2) is 15.9 Å². The van der Waals surface area contributed by atoms with Gasteiger partial charge in [-0.3, -0.25) is 4.79 Å². The molecule has 1 heterocycles. The van der Waals surface area contributed by atoms with Gasteiger partial charge in [-0.05, 0) is 47.9 Å². The molecule has 0 aliphatic carbocycles. The number of fused-ring (bicyclic) bond motifs is 1. The van der Waals surface area contributed by atoms with Crippen LogP contribution >= 0.6 is 0 Å². The normalized spacial score (nSPS) is 10.3. The van der Waals surface area contributed by atoms with E-state index in [1.54, 1.807) is 6.07 Å². The molecule has 0 saturated heterocycles. The van der Waals surface area contributed by atoms with Crippen molar-refractivity contribution in [3.63, 3.8) is 0 Å². The van der Waals surface area contributed by atoms with Gasteiger partial charge in [-0.1, -0.05) is 49.0 Å². The third kappa shape index (κ3) is 4.61. The molecule has 1 amide bonds. The van der Waals surface area contributed by atoms with Crippen LogP contribution in [0.3, 0.4) is 0 Å². The number of carbonyl (C=O) groups is 1. The molecule has 4 rings (SSSR count). The molecule has 0 aliphatic rings. The minimum atomic E-state index is -0.287. The maximum Gasteiger partial charge on any atom is 0.256 e. The second-order valence-electron chi connectivity index (χ2n) is 6.78. The zero-order chi connectivity index (χ0) is 20.8. The summed E-state index contributed by atoms with van der Waals surface area (Å²) in [6.07, 6.45) is 3.66. The summed E-state index contributed by atoms with van der Waals surface area (Å²) in [4.78, 5) is 20.5. The van der Waals surface area contributed by atoms with Crippen molar-refractivity contribution in [2.45, 2.75) is 6.42 Å². The van der Waals surface area contributed by atoms with Gasteiger partial charge < -0.3 is 10.6 Å². The van der Waals surface area contributed by atoms with E-state index in [1.165, 1.54) is 23.5 Å². The maximum absolute atomic E-state index is 11.8. The standard InChI is InChI=1S/C25H20N4O/c1-2-6-24(30)28-21-13-14-23-22(16-21)25(27-17-26-23)29-20-11-9-19(10-12-20)15-18-7-4-3-5-8-18/h3-14,16-17H,1,15H2,(H,28,30)(H,26,27,29). The van der Waals surface area contributed by atoms with Gasteiger partial charge in [0.05, 0.1) is 5.52 Å². The lowest BCUT2D eigenvalue weighted by atomic mass is 10.0. The van der Waals surface area contributed by atoms with Crippen molar-refractivity contribution < 1.29 is 4.79 Å². The largest absolute Gasteiger partial charge is 0.340 e. The van der Waals surface area contributed by atoms with Crippen molar-refractivity contribution in [1.82, 2.24) is 9.97 Å². The molecule has 146 valence electrons. The first-order valence-electron chi connectivity index (χ1n) is 9.53. The Morgan fingerprint density at radius 1 is 0.933 bits per heavy atom. The first-order chi connectivity index (χ1) is 14.7. The molecule has 0 saturated carbocycles. The van der Waals surface area contributed by atoms with Crippen LogP contribution in [0.2, 0.25) is 0 Å². The SMILES string of the molecule is C=C=CC(=O)Nc1ccc2ncnc(Nc3ccc(Cc4ccccc4)cc3)c2c1. The molecule has 5 heteroatoms. The van der Waals surface area contributed by atoms with E-state index in [-0.39, 0.29) is 5.91 Å². The summed E-state index contributed by atoms with van der Waals surface area (Å²) in [5.74, 6) is 0.385. The third-order valence-electron chi connectivity index (χ3n) is 4.60. The molecule has 2 N–H and O–H groups in total. The smallest absolute Gasteiger partial charge is 0.256 e.